The van der Waals surface area contributed by atoms with Crippen LogP contribution in [0.3, 0.4) is 0 Å². The molecular weight excluding hydrogens is 507 g/mol. The van der Waals surface area contributed by atoms with Crippen molar-refractivity contribution < 1.29 is 13.2 Å². The van der Waals surface area contributed by atoms with Gasteiger partial charge in [0.05, 0.1) is 17.5 Å². The Hall–Kier alpha value is -1.39. The van der Waals surface area contributed by atoms with E-state index in [1.165, 1.54) is 11.8 Å². The summed E-state index contributed by atoms with van der Waals surface area (Å²) in [6.07, 6.45) is 0.980. The van der Waals surface area contributed by atoms with Crippen LogP contribution in [-0.2, 0) is 21.1 Å². The first-order chi connectivity index (χ1) is 13.4. The van der Waals surface area contributed by atoms with Gasteiger partial charge in [-0.3, -0.25) is 4.79 Å². The molecule has 0 bridgehead atoms. The standard InChI is InChI=1S/C20H19IN2O3S2/c21-15-7-4-8-16(11-15)23-17-12-28(25,26)13-18(17)27-20(23)22-19(24)10-9-14-5-2-1-3-6-14/h1-8,11,17-18H,9-10,12-13H2/t17-,18-/m0/s1. The lowest BCUT2D eigenvalue weighted by Crippen LogP contribution is -2.37. The number of sulfone groups is 1. The highest BCUT2D eigenvalue weighted by Gasteiger charge is 2.49. The fourth-order valence-electron chi connectivity index (χ4n) is 3.55. The molecule has 0 spiro atoms. The number of rotatable bonds is 4. The van der Waals surface area contributed by atoms with Gasteiger partial charge < -0.3 is 4.90 Å². The molecule has 0 aromatic heterocycles. The maximum absolute atomic E-state index is 12.5. The number of anilines is 1. The average molecular weight is 526 g/mol. The molecule has 8 heteroatoms. The number of benzene rings is 2. The summed E-state index contributed by atoms with van der Waals surface area (Å²) in [6, 6.07) is 17.6. The van der Waals surface area contributed by atoms with E-state index in [1.807, 2.05) is 59.5 Å². The first kappa shape index (κ1) is 19.9. The summed E-state index contributed by atoms with van der Waals surface area (Å²) in [5, 5.41) is 0.536. The van der Waals surface area contributed by atoms with Gasteiger partial charge in [-0.2, -0.15) is 4.99 Å². The monoisotopic (exact) mass is 526 g/mol. The second-order valence-corrected chi connectivity index (χ2v) is 11.5. The van der Waals surface area contributed by atoms with E-state index in [-0.39, 0.29) is 28.7 Å². The van der Waals surface area contributed by atoms with Crippen LogP contribution in [0.4, 0.5) is 5.69 Å². The van der Waals surface area contributed by atoms with Crippen LogP contribution in [0.15, 0.2) is 59.6 Å². The first-order valence-electron chi connectivity index (χ1n) is 8.99. The lowest BCUT2D eigenvalue weighted by atomic mass is 10.1. The van der Waals surface area contributed by atoms with Crippen LogP contribution in [0.5, 0.6) is 0 Å². The highest BCUT2D eigenvalue weighted by molar-refractivity contribution is 14.1. The lowest BCUT2D eigenvalue weighted by molar-refractivity contribution is -0.117. The number of carbonyl (C=O) groups is 1. The van der Waals surface area contributed by atoms with Crippen molar-refractivity contribution in [2.45, 2.75) is 24.1 Å². The van der Waals surface area contributed by atoms with Gasteiger partial charge in [-0.25, -0.2) is 8.42 Å². The van der Waals surface area contributed by atoms with E-state index in [0.29, 0.717) is 18.0 Å². The summed E-state index contributed by atoms with van der Waals surface area (Å²) in [6.45, 7) is 0. The second kappa shape index (κ2) is 8.16. The predicted octanol–water partition coefficient (Wildman–Crippen LogP) is 3.53. The van der Waals surface area contributed by atoms with Gasteiger partial charge in [0.25, 0.3) is 0 Å². The van der Waals surface area contributed by atoms with E-state index in [2.05, 4.69) is 27.6 Å². The summed E-state index contributed by atoms with van der Waals surface area (Å²) in [4.78, 5) is 18.8. The van der Waals surface area contributed by atoms with Crippen molar-refractivity contribution in [2.75, 3.05) is 16.4 Å². The summed E-state index contributed by atoms with van der Waals surface area (Å²) >= 11 is 3.65. The van der Waals surface area contributed by atoms with Gasteiger partial charge in [0.2, 0.25) is 5.91 Å². The quantitative estimate of drug-likeness (QED) is 0.571. The van der Waals surface area contributed by atoms with Gasteiger partial charge >= 0.3 is 0 Å². The van der Waals surface area contributed by atoms with Crippen LogP contribution >= 0.6 is 34.4 Å². The van der Waals surface area contributed by atoms with Crippen molar-refractivity contribution in [3.8, 4) is 0 Å². The second-order valence-electron chi connectivity index (χ2n) is 6.92. The third-order valence-corrected chi connectivity index (χ3v) is 8.72. The lowest BCUT2D eigenvalue weighted by Gasteiger charge is -2.24. The van der Waals surface area contributed by atoms with Crippen LogP contribution in [-0.4, -0.2) is 42.3 Å². The molecule has 2 aliphatic heterocycles. The van der Waals surface area contributed by atoms with E-state index in [4.69, 9.17) is 0 Å². The number of aliphatic imine (C=N–C) groups is 1. The topological polar surface area (TPSA) is 66.8 Å². The van der Waals surface area contributed by atoms with Gasteiger partial charge in [0.15, 0.2) is 15.0 Å². The zero-order valence-electron chi connectivity index (χ0n) is 15.0. The molecule has 0 radical (unpaired) electrons. The van der Waals surface area contributed by atoms with Crippen LogP contribution < -0.4 is 4.90 Å². The number of thioether (sulfide) groups is 1. The van der Waals surface area contributed by atoms with Gasteiger partial charge in [-0.1, -0.05) is 48.2 Å². The molecule has 2 fully saturated rings. The fraction of sp³-hybridized carbons (Fsp3) is 0.300. The number of amides is 1. The number of carbonyl (C=O) groups excluding carboxylic acids is 1. The molecule has 2 aliphatic rings. The highest BCUT2D eigenvalue weighted by atomic mass is 127. The normalized spacial score (nSPS) is 24.5. The third kappa shape index (κ3) is 4.44. The fourth-order valence-corrected chi connectivity index (χ4v) is 8.01. The zero-order valence-corrected chi connectivity index (χ0v) is 18.8. The number of fused-ring (bicyclic) bond motifs is 1. The molecule has 5 nitrogen and oxygen atoms in total. The highest BCUT2D eigenvalue weighted by Crippen LogP contribution is 2.41. The maximum atomic E-state index is 12.5. The van der Waals surface area contributed by atoms with Crippen molar-refractivity contribution in [1.29, 1.82) is 0 Å². The molecule has 0 unspecified atom stereocenters. The minimum absolute atomic E-state index is 0.0801. The number of hydrogen-bond acceptors (Lipinski definition) is 4. The minimum Gasteiger partial charge on any atom is -0.316 e. The number of amidine groups is 1. The SMILES string of the molecule is O=C(CCc1ccccc1)N=C1S[C@H]2CS(=O)(=O)C[C@@H]2N1c1cccc(I)c1. The Morgan fingerprint density at radius 3 is 2.68 bits per heavy atom. The number of halogens is 1. The third-order valence-electron chi connectivity index (χ3n) is 4.84. The van der Waals surface area contributed by atoms with Crippen molar-refractivity contribution in [3.63, 3.8) is 0 Å². The Morgan fingerprint density at radius 2 is 1.93 bits per heavy atom. The van der Waals surface area contributed by atoms with Crippen molar-refractivity contribution in [2.24, 2.45) is 4.99 Å². The van der Waals surface area contributed by atoms with Crippen LogP contribution in [0.25, 0.3) is 0 Å². The van der Waals surface area contributed by atoms with E-state index >= 15 is 0 Å². The van der Waals surface area contributed by atoms with Crippen molar-refractivity contribution >= 4 is 61.0 Å². The molecule has 2 aromatic rings. The molecule has 2 heterocycles. The maximum Gasteiger partial charge on any atom is 0.248 e. The molecular formula is C20H19IN2O3S2. The molecule has 0 aliphatic carbocycles. The minimum atomic E-state index is -3.06. The molecule has 2 aromatic carbocycles. The molecule has 0 N–H and O–H groups in total. The number of hydrogen-bond donors (Lipinski definition) is 0. The first-order valence-corrected chi connectivity index (χ1v) is 12.8. The average Bonchev–Trinajstić information content (AvgIpc) is 3.11. The van der Waals surface area contributed by atoms with Crippen molar-refractivity contribution in [1.82, 2.24) is 0 Å². The van der Waals surface area contributed by atoms with Gasteiger partial charge in [-0.15, -0.1) is 0 Å². The Balaban J connectivity index is 1.58. The van der Waals surface area contributed by atoms with Gasteiger partial charge in [0.1, 0.15) is 0 Å². The molecule has 146 valence electrons. The Morgan fingerprint density at radius 1 is 1.14 bits per heavy atom. The molecule has 1 amide bonds. The molecule has 2 saturated heterocycles. The van der Waals surface area contributed by atoms with E-state index in [9.17, 15) is 13.2 Å². The summed E-state index contributed by atoms with van der Waals surface area (Å²) < 4.78 is 25.3. The largest absolute Gasteiger partial charge is 0.316 e. The Kier molecular flexibility index (Phi) is 5.80. The molecule has 4 rings (SSSR count). The Bertz CT molecular complexity index is 1020. The smallest absolute Gasteiger partial charge is 0.248 e. The van der Waals surface area contributed by atoms with Crippen LogP contribution in [0.2, 0.25) is 0 Å². The molecule has 0 saturated carbocycles. The van der Waals surface area contributed by atoms with Crippen LogP contribution in [0.1, 0.15) is 12.0 Å². The predicted molar refractivity (Wildman–Crippen MR) is 123 cm³/mol. The Labute approximate surface area is 182 Å². The summed E-state index contributed by atoms with van der Waals surface area (Å²) in [7, 11) is -3.06. The summed E-state index contributed by atoms with van der Waals surface area (Å²) in [5.41, 5.74) is 1.99. The van der Waals surface area contributed by atoms with E-state index in [1.54, 1.807) is 0 Å². The van der Waals surface area contributed by atoms with E-state index in [0.717, 1.165) is 14.8 Å². The number of nitrogens with zero attached hydrogens (tertiary/aromatic N) is 2. The summed E-state index contributed by atoms with van der Waals surface area (Å²) in [5.74, 6) is 0.0673. The van der Waals surface area contributed by atoms with Gasteiger partial charge in [-0.05, 0) is 52.8 Å². The zero-order chi connectivity index (χ0) is 19.7. The number of aryl methyl sites for hydroxylation is 1. The van der Waals surface area contributed by atoms with Gasteiger partial charge in [0, 0.05) is 20.9 Å². The molecule has 2 atom stereocenters. The molecule has 28 heavy (non-hydrogen) atoms. The van der Waals surface area contributed by atoms with Crippen molar-refractivity contribution in [3.05, 3.63) is 63.7 Å². The van der Waals surface area contributed by atoms with E-state index < -0.39 is 9.84 Å². The van der Waals surface area contributed by atoms with Crippen LogP contribution in [0, 0.1) is 3.57 Å².